The van der Waals surface area contributed by atoms with Gasteiger partial charge in [-0.05, 0) is 57.6 Å². The fourth-order valence-electron chi connectivity index (χ4n) is 4.31. The van der Waals surface area contributed by atoms with Crippen molar-refractivity contribution in [2.45, 2.75) is 96.7 Å². The number of ether oxygens (including phenoxy) is 2. The molecule has 0 saturated heterocycles. The maximum Gasteiger partial charge on any atom is 0.335 e. The third-order valence-corrected chi connectivity index (χ3v) is 7.24. The number of aryl methyl sites for hydroxylation is 1. The zero-order chi connectivity index (χ0) is 30.7. The second kappa shape index (κ2) is 15.8. The molecule has 0 saturated carbocycles. The minimum Gasteiger partial charge on any atom is -0.479 e. The summed E-state index contributed by atoms with van der Waals surface area (Å²) in [4.78, 5) is 28.4. The Hall–Kier alpha value is -3.05. The van der Waals surface area contributed by atoms with E-state index in [0.717, 1.165) is 17.6 Å². The number of aliphatic hydroxyl groups excluding tert-OH is 2. The monoisotopic (exact) mass is 575 g/mol. The van der Waals surface area contributed by atoms with Crippen molar-refractivity contribution in [2.24, 2.45) is 11.8 Å². The number of carbonyl (C=O) groups excluding carboxylic acids is 1. The summed E-state index contributed by atoms with van der Waals surface area (Å²) in [6.07, 6.45) is 9.32. The first-order valence-electron chi connectivity index (χ1n) is 13.9. The number of cyclic esters (lactones) is 1. The first-order chi connectivity index (χ1) is 19.2. The summed E-state index contributed by atoms with van der Waals surface area (Å²) in [5.41, 5.74) is 0.282. The Labute approximate surface area is 242 Å². The Morgan fingerprint density at radius 2 is 1.98 bits per heavy atom. The van der Waals surface area contributed by atoms with Gasteiger partial charge in [-0.2, -0.15) is 0 Å². The normalized spacial score (nSPS) is 28.9. The van der Waals surface area contributed by atoms with Crippen LogP contribution in [0.15, 0.2) is 52.7 Å². The average molecular weight is 576 g/mol. The number of aliphatic hydroxyl groups is 3. The van der Waals surface area contributed by atoms with Crippen LogP contribution in [-0.4, -0.2) is 74.5 Å². The third-order valence-electron chi connectivity index (χ3n) is 7.24. The number of allylic oxidation sites excluding steroid dienone is 3. The van der Waals surface area contributed by atoms with Crippen LogP contribution in [0.2, 0.25) is 0 Å². The standard InChI is InChI=1S/C31H45NO9/c1-19(9-7-8-14-31(5,38)30(36)37)16-26-29(35)25(39-6)15-20(2)10-12-27-32-23(18-40-27)22(4)17-24(33)21(3)11-13-28(34)41-26/h7-8,11,13,16-18,20-21,24-26,29,33,35,38H,9-10,12,14-15H2,1-6H3,(H,36,37). The highest BCUT2D eigenvalue weighted by molar-refractivity contribution is 5.82. The van der Waals surface area contributed by atoms with Crippen molar-refractivity contribution < 1.29 is 43.9 Å². The summed E-state index contributed by atoms with van der Waals surface area (Å²) in [7, 11) is 1.50. The number of methoxy groups -OCH3 is 1. The number of carbonyl (C=O) groups is 2. The number of carboxylic acid groups (broad SMARTS) is 1. The molecular formula is C31H45NO9. The van der Waals surface area contributed by atoms with Crippen LogP contribution < -0.4 is 0 Å². The lowest BCUT2D eigenvalue weighted by molar-refractivity contribution is -0.156. The third kappa shape index (κ3) is 11.0. The lowest BCUT2D eigenvalue weighted by atomic mass is 9.93. The van der Waals surface area contributed by atoms with Crippen molar-refractivity contribution in [3.05, 3.63) is 59.9 Å². The van der Waals surface area contributed by atoms with E-state index in [1.807, 2.05) is 13.8 Å². The van der Waals surface area contributed by atoms with Crippen molar-refractivity contribution in [2.75, 3.05) is 7.11 Å². The number of carboxylic acids is 1. The van der Waals surface area contributed by atoms with Crippen LogP contribution in [0.3, 0.4) is 0 Å². The quantitative estimate of drug-likeness (QED) is 0.276. The van der Waals surface area contributed by atoms with E-state index in [-0.39, 0.29) is 12.3 Å². The molecule has 41 heavy (non-hydrogen) atoms. The zero-order valence-corrected chi connectivity index (χ0v) is 24.8. The van der Waals surface area contributed by atoms with E-state index in [0.29, 0.717) is 30.8 Å². The van der Waals surface area contributed by atoms with Crippen LogP contribution in [0.25, 0.3) is 5.57 Å². The maximum absolute atomic E-state index is 12.8. The first kappa shape index (κ1) is 34.2. The molecule has 0 fully saturated rings. The van der Waals surface area contributed by atoms with Crippen molar-refractivity contribution >= 4 is 17.5 Å². The number of hydrogen-bond acceptors (Lipinski definition) is 9. The van der Waals surface area contributed by atoms with Gasteiger partial charge >= 0.3 is 11.9 Å². The van der Waals surface area contributed by atoms with E-state index < -0.39 is 47.9 Å². The Morgan fingerprint density at radius 3 is 2.63 bits per heavy atom. The molecule has 1 aromatic rings. The summed E-state index contributed by atoms with van der Waals surface area (Å²) in [6, 6.07) is 0. The molecule has 0 amide bonds. The van der Waals surface area contributed by atoms with E-state index in [1.165, 1.54) is 20.1 Å². The van der Waals surface area contributed by atoms with Crippen LogP contribution >= 0.6 is 0 Å². The number of aliphatic carboxylic acids is 1. The molecule has 1 aromatic heterocycles. The summed E-state index contributed by atoms with van der Waals surface area (Å²) in [5.74, 6) is -1.71. The van der Waals surface area contributed by atoms with Gasteiger partial charge in [0.05, 0.1) is 12.2 Å². The largest absolute Gasteiger partial charge is 0.479 e. The lowest BCUT2D eigenvalue weighted by Crippen LogP contribution is -2.41. The molecule has 0 spiro atoms. The number of oxazole rings is 1. The molecule has 7 unspecified atom stereocenters. The molecule has 1 aliphatic heterocycles. The highest BCUT2D eigenvalue weighted by Gasteiger charge is 2.31. The van der Waals surface area contributed by atoms with Gasteiger partial charge in [0.15, 0.2) is 11.5 Å². The van der Waals surface area contributed by atoms with Gasteiger partial charge in [0.25, 0.3) is 0 Å². The molecule has 4 N–H and O–H groups in total. The molecule has 10 nitrogen and oxygen atoms in total. The van der Waals surface area contributed by atoms with Crippen molar-refractivity contribution in [1.29, 1.82) is 0 Å². The summed E-state index contributed by atoms with van der Waals surface area (Å²) in [5, 5.41) is 40.8. The Morgan fingerprint density at radius 1 is 1.27 bits per heavy atom. The minimum absolute atomic E-state index is 0.0708. The topological polar surface area (TPSA) is 160 Å². The van der Waals surface area contributed by atoms with Gasteiger partial charge in [-0.25, -0.2) is 14.6 Å². The highest BCUT2D eigenvalue weighted by atomic mass is 16.6. The number of hydrogen-bond donors (Lipinski definition) is 4. The van der Waals surface area contributed by atoms with Gasteiger partial charge in [0, 0.05) is 31.9 Å². The maximum atomic E-state index is 12.8. The van der Waals surface area contributed by atoms with Gasteiger partial charge in [0.1, 0.15) is 24.2 Å². The molecule has 2 bridgehead atoms. The Bertz CT molecular complexity index is 1130. The van der Waals surface area contributed by atoms with Gasteiger partial charge < -0.3 is 34.3 Å². The molecule has 228 valence electrons. The van der Waals surface area contributed by atoms with E-state index in [9.17, 15) is 24.9 Å². The number of esters is 1. The van der Waals surface area contributed by atoms with Crippen LogP contribution in [0.1, 0.15) is 71.9 Å². The van der Waals surface area contributed by atoms with Gasteiger partial charge in [-0.3, -0.25) is 0 Å². The summed E-state index contributed by atoms with van der Waals surface area (Å²) in [6.45, 7) is 8.65. The molecular weight excluding hydrogens is 530 g/mol. The molecule has 1 aliphatic rings. The molecule has 2 rings (SSSR count). The van der Waals surface area contributed by atoms with Gasteiger partial charge in [0.2, 0.25) is 0 Å². The number of rotatable bonds is 7. The van der Waals surface area contributed by atoms with Crippen molar-refractivity contribution in [3.8, 4) is 0 Å². The fourth-order valence-corrected chi connectivity index (χ4v) is 4.31. The number of nitrogens with zero attached hydrogens (tertiary/aromatic N) is 1. The van der Waals surface area contributed by atoms with E-state index >= 15 is 0 Å². The summed E-state index contributed by atoms with van der Waals surface area (Å²) < 4.78 is 16.9. The Kier molecular flexibility index (Phi) is 13.2. The number of fused-ring (bicyclic) bond motifs is 2. The van der Waals surface area contributed by atoms with Crippen LogP contribution in [0.5, 0.6) is 0 Å². The van der Waals surface area contributed by atoms with E-state index in [2.05, 4.69) is 4.98 Å². The second-order valence-electron chi connectivity index (χ2n) is 11.2. The van der Waals surface area contributed by atoms with Crippen molar-refractivity contribution in [1.82, 2.24) is 4.98 Å². The predicted octanol–water partition coefficient (Wildman–Crippen LogP) is 4.01. The molecule has 10 heteroatoms. The predicted molar refractivity (Wildman–Crippen MR) is 154 cm³/mol. The lowest BCUT2D eigenvalue weighted by Gasteiger charge is -2.29. The summed E-state index contributed by atoms with van der Waals surface area (Å²) >= 11 is 0. The van der Waals surface area contributed by atoms with E-state index in [1.54, 1.807) is 50.5 Å². The molecule has 0 aromatic carbocycles. The fraction of sp³-hybridized carbons (Fsp3) is 0.581. The highest BCUT2D eigenvalue weighted by Crippen LogP contribution is 2.24. The first-order valence-corrected chi connectivity index (χ1v) is 13.9. The van der Waals surface area contributed by atoms with Gasteiger partial charge in [-0.1, -0.05) is 43.7 Å². The van der Waals surface area contributed by atoms with Gasteiger partial charge in [-0.15, -0.1) is 0 Å². The minimum atomic E-state index is -1.87. The molecule has 0 aliphatic carbocycles. The van der Waals surface area contributed by atoms with Crippen LogP contribution in [0.4, 0.5) is 0 Å². The Balaban J connectivity index is 2.31. The SMILES string of the molecule is COC1CC(C)CCc2nc(co2)C(C)=CC(O)C(C)C=CC(=O)OC(C=C(C)CC=CCC(C)(O)C(=O)O)C1O. The molecule has 7 atom stereocenters. The van der Waals surface area contributed by atoms with Crippen LogP contribution in [0, 0.1) is 11.8 Å². The number of aromatic nitrogens is 1. The smallest absolute Gasteiger partial charge is 0.335 e. The van der Waals surface area contributed by atoms with E-state index in [4.69, 9.17) is 19.0 Å². The zero-order valence-electron chi connectivity index (χ0n) is 24.8. The molecule has 2 heterocycles. The molecule has 0 radical (unpaired) electrons. The second-order valence-corrected chi connectivity index (χ2v) is 11.2. The van der Waals surface area contributed by atoms with Crippen LogP contribution in [-0.2, 0) is 25.5 Å². The average Bonchev–Trinajstić information content (AvgIpc) is 3.39. The van der Waals surface area contributed by atoms with Crippen molar-refractivity contribution in [3.63, 3.8) is 0 Å².